The molecule has 1 aliphatic heterocycles. The summed E-state index contributed by atoms with van der Waals surface area (Å²) in [7, 11) is 3.33. The summed E-state index contributed by atoms with van der Waals surface area (Å²) in [5.41, 5.74) is 1.13. The highest BCUT2D eigenvalue weighted by Crippen LogP contribution is 2.28. The Morgan fingerprint density at radius 3 is 2.22 bits per heavy atom. The molecular weight excluding hydrogens is 344 g/mol. The predicted octanol–water partition coefficient (Wildman–Crippen LogP) is 2.27. The van der Waals surface area contributed by atoms with Gasteiger partial charge in [-0.05, 0) is 36.4 Å². The Morgan fingerprint density at radius 1 is 0.889 bits per heavy atom. The smallest absolute Gasteiger partial charge is 0.142 e. The van der Waals surface area contributed by atoms with E-state index in [2.05, 4.69) is 15.9 Å². The molecule has 27 heavy (non-hydrogen) atoms. The maximum absolute atomic E-state index is 10.3. The molecule has 0 aromatic heterocycles. The Bertz CT molecular complexity index is 700. The number of benzene rings is 2. The standard InChI is InChI=1S/C21H28N2O4/c1-25-18-7-9-19(10-8-18)27-16-17(24)15-22-11-13-23(14-12-22)20-5-3-4-6-21(20)26-2/h3-10,17,24H,11-16H2,1-2H3. The molecule has 1 atom stereocenters. The van der Waals surface area contributed by atoms with Crippen LogP contribution in [0.5, 0.6) is 17.2 Å². The highest BCUT2D eigenvalue weighted by atomic mass is 16.5. The van der Waals surface area contributed by atoms with E-state index in [0.29, 0.717) is 6.54 Å². The lowest BCUT2D eigenvalue weighted by Gasteiger charge is -2.37. The normalized spacial score (nSPS) is 16.0. The molecule has 0 radical (unpaired) electrons. The van der Waals surface area contributed by atoms with Crippen molar-refractivity contribution in [2.24, 2.45) is 0 Å². The predicted molar refractivity (Wildman–Crippen MR) is 106 cm³/mol. The minimum atomic E-state index is -0.523. The number of ether oxygens (including phenoxy) is 3. The molecular formula is C21H28N2O4. The van der Waals surface area contributed by atoms with Crippen LogP contribution >= 0.6 is 0 Å². The molecule has 1 unspecified atom stereocenters. The van der Waals surface area contributed by atoms with Crippen LogP contribution < -0.4 is 19.1 Å². The van der Waals surface area contributed by atoms with Crippen molar-refractivity contribution >= 4 is 5.69 Å². The minimum absolute atomic E-state index is 0.277. The second-order valence-corrected chi connectivity index (χ2v) is 6.60. The van der Waals surface area contributed by atoms with Crippen LogP contribution in [0.25, 0.3) is 0 Å². The van der Waals surface area contributed by atoms with Crippen molar-refractivity contribution in [3.8, 4) is 17.2 Å². The Morgan fingerprint density at radius 2 is 1.56 bits per heavy atom. The first-order chi connectivity index (χ1) is 13.2. The van der Waals surface area contributed by atoms with Gasteiger partial charge >= 0.3 is 0 Å². The number of hydrogen-bond donors (Lipinski definition) is 1. The Labute approximate surface area is 160 Å². The third-order valence-electron chi connectivity index (χ3n) is 4.77. The van der Waals surface area contributed by atoms with E-state index < -0.39 is 6.10 Å². The maximum Gasteiger partial charge on any atom is 0.142 e. The Hall–Kier alpha value is -2.44. The molecule has 1 N–H and O–H groups in total. The van der Waals surface area contributed by atoms with Gasteiger partial charge in [0.1, 0.15) is 30.0 Å². The molecule has 2 aromatic rings. The molecule has 1 heterocycles. The molecule has 0 aliphatic carbocycles. The summed E-state index contributed by atoms with van der Waals surface area (Å²) in [4.78, 5) is 4.60. The van der Waals surface area contributed by atoms with Crippen LogP contribution in [-0.4, -0.2) is 69.7 Å². The molecule has 1 aliphatic rings. The third-order valence-corrected chi connectivity index (χ3v) is 4.77. The number of piperazine rings is 1. The zero-order chi connectivity index (χ0) is 19.1. The van der Waals surface area contributed by atoms with Crippen LogP contribution in [0.1, 0.15) is 0 Å². The number of anilines is 1. The lowest BCUT2D eigenvalue weighted by Crippen LogP contribution is -2.49. The van der Waals surface area contributed by atoms with Crippen LogP contribution in [0.4, 0.5) is 5.69 Å². The zero-order valence-electron chi connectivity index (χ0n) is 16.0. The lowest BCUT2D eigenvalue weighted by molar-refractivity contribution is 0.0662. The van der Waals surface area contributed by atoms with Crippen molar-refractivity contribution in [3.05, 3.63) is 48.5 Å². The highest BCUT2D eigenvalue weighted by molar-refractivity contribution is 5.58. The lowest BCUT2D eigenvalue weighted by atomic mass is 10.2. The van der Waals surface area contributed by atoms with Crippen molar-refractivity contribution in [1.29, 1.82) is 0 Å². The van der Waals surface area contributed by atoms with Crippen LogP contribution in [0.2, 0.25) is 0 Å². The third kappa shape index (κ3) is 5.28. The van der Waals surface area contributed by atoms with Gasteiger partial charge in [-0.2, -0.15) is 0 Å². The van der Waals surface area contributed by atoms with Gasteiger partial charge in [0, 0.05) is 32.7 Å². The van der Waals surface area contributed by atoms with Gasteiger partial charge in [-0.1, -0.05) is 12.1 Å². The summed E-state index contributed by atoms with van der Waals surface area (Å²) in [6.45, 7) is 4.50. The summed E-state index contributed by atoms with van der Waals surface area (Å²) in [6, 6.07) is 15.5. The first kappa shape index (κ1) is 19.3. The average Bonchev–Trinajstić information content (AvgIpc) is 2.73. The van der Waals surface area contributed by atoms with Gasteiger partial charge in [0.15, 0.2) is 0 Å². The fraction of sp³-hybridized carbons (Fsp3) is 0.429. The van der Waals surface area contributed by atoms with E-state index in [0.717, 1.165) is 49.1 Å². The maximum atomic E-state index is 10.3. The zero-order valence-corrected chi connectivity index (χ0v) is 16.0. The fourth-order valence-corrected chi connectivity index (χ4v) is 3.28. The number of nitrogens with zero attached hydrogens (tertiary/aromatic N) is 2. The van der Waals surface area contributed by atoms with Crippen LogP contribution in [0, 0.1) is 0 Å². The minimum Gasteiger partial charge on any atom is -0.497 e. The molecule has 6 nitrogen and oxygen atoms in total. The monoisotopic (exact) mass is 372 g/mol. The van der Waals surface area contributed by atoms with Crippen molar-refractivity contribution in [3.63, 3.8) is 0 Å². The number of β-amino-alcohol motifs (C(OH)–C–C–N with tert-alkyl or cyclic N) is 1. The summed E-state index contributed by atoms with van der Waals surface area (Å²) in [5.74, 6) is 2.42. The second kappa shape index (κ2) is 9.48. The topological polar surface area (TPSA) is 54.4 Å². The van der Waals surface area contributed by atoms with E-state index in [9.17, 15) is 5.11 Å². The van der Waals surface area contributed by atoms with Crippen LogP contribution in [0.15, 0.2) is 48.5 Å². The quantitative estimate of drug-likeness (QED) is 0.767. The molecule has 0 spiro atoms. The van der Waals surface area contributed by atoms with Gasteiger partial charge in [0.2, 0.25) is 0 Å². The van der Waals surface area contributed by atoms with Crippen LogP contribution in [-0.2, 0) is 0 Å². The largest absolute Gasteiger partial charge is 0.497 e. The number of rotatable bonds is 8. The summed E-state index contributed by atoms with van der Waals surface area (Å²) in [6.07, 6.45) is -0.523. The number of hydrogen-bond acceptors (Lipinski definition) is 6. The van der Waals surface area contributed by atoms with Crippen LogP contribution in [0.3, 0.4) is 0 Å². The number of para-hydroxylation sites is 2. The first-order valence-electron chi connectivity index (χ1n) is 9.25. The van der Waals surface area contributed by atoms with Gasteiger partial charge < -0.3 is 24.2 Å². The number of aliphatic hydroxyl groups is 1. The Kier molecular flexibility index (Phi) is 6.79. The van der Waals surface area contributed by atoms with E-state index in [1.54, 1.807) is 14.2 Å². The van der Waals surface area contributed by atoms with E-state index in [4.69, 9.17) is 14.2 Å². The molecule has 1 saturated heterocycles. The van der Waals surface area contributed by atoms with Gasteiger partial charge in [-0.25, -0.2) is 0 Å². The van der Waals surface area contributed by atoms with Crippen molar-refractivity contribution < 1.29 is 19.3 Å². The fourth-order valence-electron chi connectivity index (χ4n) is 3.28. The SMILES string of the molecule is COc1ccc(OCC(O)CN2CCN(c3ccccc3OC)CC2)cc1. The number of methoxy groups -OCH3 is 2. The van der Waals surface area contributed by atoms with Gasteiger partial charge in [0.25, 0.3) is 0 Å². The Balaban J connectivity index is 1.43. The summed E-state index contributed by atoms with van der Waals surface area (Å²) in [5, 5.41) is 10.3. The molecule has 1 fully saturated rings. The molecule has 0 bridgehead atoms. The average molecular weight is 372 g/mol. The van der Waals surface area contributed by atoms with E-state index in [1.165, 1.54) is 0 Å². The molecule has 6 heteroatoms. The summed E-state index contributed by atoms with van der Waals surface area (Å²) >= 11 is 0. The van der Waals surface area contributed by atoms with Crippen molar-refractivity contribution in [2.45, 2.75) is 6.10 Å². The summed E-state index contributed by atoms with van der Waals surface area (Å²) < 4.78 is 16.3. The molecule has 2 aromatic carbocycles. The molecule has 146 valence electrons. The van der Waals surface area contributed by atoms with Crippen molar-refractivity contribution in [2.75, 3.05) is 58.5 Å². The van der Waals surface area contributed by atoms with Gasteiger partial charge in [0.05, 0.1) is 19.9 Å². The first-order valence-corrected chi connectivity index (χ1v) is 9.25. The molecule has 0 amide bonds. The van der Waals surface area contributed by atoms with Gasteiger partial charge in [-0.3, -0.25) is 4.90 Å². The van der Waals surface area contributed by atoms with E-state index in [-0.39, 0.29) is 6.61 Å². The molecule has 0 saturated carbocycles. The molecule has 3 rings (SSSR count). The van der Waals surface area contributed by atoms with E-state index in [1.807, 2.05) is 42.5 Å². The second-order valence-electron chi connectivity index (χ2n) is 6.60. The van der Waals surface area contributed by atoms with E-state index >= 15 is 0 Å². The highest BCUT2D eigenvalue weighted by Gasteiger charge is 2.21. The number of aliphatic hydroxyl groups excluding tert-OH is 1. The van der Waals surface area contributed by atoms with Gasteiger partial charge in [-0.15, -0.1) is 0 Å². The van der Waals surface area contributed by atoms with Crippen molar-refractivity contribution in [1.82, 2.24) is 4.90 Å².